The summed E-state index contributed by atoms with van der Waals surface area (Å²) in [6.45, 7) is 2.91. The van der Waals surface area contributed by atoms with E-state index < -0.39 is 11.6 Å². The zero-order valence-electron chi connectivity index (χ0n) is 10.6. The highest BCUT2D eigenvalue weighted by atomic mass is 19.1. The predicted octanol–water partition coefficient (Wildman–Crippen LogP) is 3.75. The first-order valence-corrected chi connectivity index (χ1v) is 6.09. The summed E-state index contributed by atoms with van der Waals surface area (Å²) >= 11 is 0. The average molecular weight is 250 g/mol. The third kappa shape index (κ3) is 2.28. The van der Waals surface area contributed by atoms with Crippen molar-refractivity contribution in [3.63, 3.8) is 0 Å². The molecule has 0 N–H and O–H groups in total. The molecule has 1 aromatic heterocycles. The van der Waals surface area contributed by atoms with Crippen LogP contribution >= 0.6 is 0 Å². The fraction of sp³-hybridized carbons (Fsp3) is 0.357. The van der Waals surface area contributed by atoms with Gasteiger partial charge in [0.2, 0.25) is 0 Å². The quantitative estimate of drug-likeness (QED) is 0.821. The highest BCUT2D eigenvalue weighted by Crippen LogP contribution is 2.28. The van der Waals surface area contributed by atoms with Crippen molar-refractivity contribution in [2.24, 2.45) is 0 Å². The van der Waals surface area contributed by atoms with Crippen molar-refractivity contribution in [3.8, 4) is 0 Å². The smallest absolute Gasteiger partial charge is 0.149 e. The first-order chi connectivity index (χ1) is 8.65. The lowest BCUT2D eigenvalue weighted by atomic mass is 10.1. The number of halogens is 2. The molecule has 1 heterocycles. The zero-order valence-corrected chi connectivity index (χ0v) is 10.6. The summed E-state index contributed by atoms with van der Waals surface area (Å²) in [5.74, 6) is -0.921. The SMILES string of the molecule is CCCCN(C)c1ccnc2c(F)ccc(F)c12. The van der Waals surface area contributed by atoms with E-state index in [1.807, 2.05) is 11.9 Å². The van der Waals surface area contributed by atoms with Crippen LogP contribution in [-0.2, 0) is 0 Å². The predicted molar refractivity (Wildman–Crippen MR) is 69.8 cm³/mol. The summed E-state index contributed by atoms with van der Waals surface area (Å²) in [4.78, 5) is 5.86. The molecule has 0 aliphatic rings. The third-order valence-corrected chi connectivity index (χ3v) is 3.03. The molecule has 2 nitrogen and oxygen atoms in total. The summed E-state index contributed by atoms with van der Waals surface area (Å²) in [5.41, 5.74) is 0.779. The molecule has 0 radical (unpaired) electrons. The standard InChI is InChI=1S/C14H16F2N2/c1-3-4-9-18(2)12-7-8-17-14-11(16)6-5-10(15)13(12)14/h5-8H,3-4,9H2,1-2H3. The Bertz CT molecular complexity index is 555. The lowest BCUT2D eigenvalue weighted by Gasteiger charge is -2.20. The zero-order chi connectivity index (χ0) is 13.1. The number of rotatable bonds is 4. The van der Waals surface area contributed by atoms with Gasteiger partial charge in [0.15, 0.2) is 0 Å². The Morgan fingerprint density at radius 1 is 1.17 bits per heavy atom. The van der Waals surface area contributed by atoms with E-state index in [1.165, 1.54) is 6.20 Å². The fourth-order valence-electron chi connectivity index (χ4n) is 2.01. The Balaban J connectivity index is 2.54. The van der Waals surface area contributed by atoms with Crippen molar-refractivity contribution in [3.05, 3.63) is 36.0 Å². The Hall–Kier alpha value is -1.71. The molecule has 96 valence electrons. The van der Waals surface area contributed by atoms with Gasteiger partial charge in [-0.1, -0.05) is 13.3 Å². The van der Waals surface area contributed by atoms with E-state index in [2.05, 4.69) is 11.9 Å². The lowest BCUT2D eigenvalue weighted by molar-refractivity contribution is 0.615. The van der Waals surface area contributed by atoms with Crippen LogP contribution in [0.1, 0.15) is 19.8 Å². The monoisotopic (exact) mass is 250 g/mol. The highest BCUT2D eigenvalue weighted by molar-refractivity contribution is 5.92. The van der Waals surface area contributed by atoms with Crippen LogP contribution < -0.4 is 4.90 Å². The molecule has 0 fully saturated rings. The Labute approximate surface area is 105 Å². The van der Waals surface area contributed by atoms with Crippen LogP contribution in [0.4, 0.5) is 14.5 Å². The van der Waals surface area contributed by atoms with Crippen molar-refractivity contribution in [2.75, 3.05) is 18.5 Å². The van der Waals surface area contributed by atoms with Crippen LogP contribution in [0.25, 0.3) is 10.9 Å². The van der Waals surface area contributed by atoms with Gasteiger partial charge in [0, 0.05) is 19.8 Å². The van der Waals surface area contributed by atoms with Crippen molar-refractivity contribution >= 4 is 16.6 Å². The fourth-order valence-corrected chi connectivity index (χ4v) is 2.01. The van der Waals surface area contributed by atoms with Gasteiger partial charge in [0.05, 0.1) is 11.1 Å². The molecule has 4 heteroatoms. The van der Waals surface area contributed by atoms with Crippen LogP contribution in [0.2, 0.25) is 0 Å². The Morgan fingerprint density at radius 3 is 2.61 bits per heavy atom. The van der Waals surface area contributed by atoms with Gasteiger partial charge in [-0.25, -0.2) is 8.78 Å². The number of aromatic nitrogens is 1. The summed E-state index contributed by atoms with van der Waals surface area (Å²) < 4.78 is 27.5. The van der Waals surface area contributed by atoms with E-state index in [-0.39, 0.29) is 10.9 Å². The molecule has 18 heavy (non-hydrogen) atoms. The maximum atomic E-state index is 13.9. The molecule has 1 aromatic carbocycles. The second-order valence-corrected chi connectivity index (χ2v) is 4.36. The number of unbranched alkanes of at least 4 members (excludes halogenated alkanes) is 1. The van der Waals surface area contributed by atoms with E-state index in [9.17, 15) is 8.78 Å². The number of anilines is 1. The summed E-state index contributed by atoms with van der Waals surface area (Å²) in [6.07, 6.45) is 3.59. The topological polar surface area (TPSA) is 16.1 Å². The molecular weight excluding hydrogens is 234 g/mol. The largest absolute Gasteiger partial charge is 0.374 e. The molecule has 0 bridgehead atoms. The average Bonchev–Trinajstić information content (AvgIpc) is 2.39. The van der Waals surface area contributed by atoms with Gasteiger partial charge in [0.25, 0.3) is 0 Å². The van der Waals surface area contributed by atoms with E-state index in [0.717, 1.165) is 31.5 Å². The third-order valence-electron chi connectivity index (χ3n) is 3.03. The second-order valence-electron chi connectivity index (χ2n) is 4.36. The number of hydrogen-bond donors (Lipinski definition) is 0. The van der Waals surface area contributed by atoms with E-state index in [0.29, 0.717) is 5.69 Å². The molecule has 0 amide bonds. The van der Waals surface area contributed by atoms with Gasteiger partial charge in [-0.15, -0.1) is 0 Å². The van der Waals surface area contributed by atoms with Crippen LogP contribution in [0.5, 0.6) is 0 Å². The molecule has 2 aromatic rings. The number of fused-ring (bicyclic) bond motifs is 1. The minimum atomic E-state index is -0.489. The normalized spacial score (nSPS) is 10.9. The van der Waals surface area contributed by atoms with Gasteiger partial charge in [-0.2, -0.15) is 0 Å². The van der Waals surface area contributed by atoms with Crippen molar-refractivity contribution in [1.29, 1.82) is 0 Å². The number of hydrogen-bond acceptors (Lipinski definition) is 2. The van der Waals surface area contributed by atoms with Crippen molar-refractivity contribution in [2.45, 2.75) is 19.8 Å². The van der Waals surface area contributed by atoms with Gasteiger partial charge < -0.3 is 4.90 Å². The number of benzene rings is 1. The van der Waals surface area contributed by atoms with Crippen LogP contribution in [0, 0.1) is 11.6 Å². The maximum absolute atomic E-state index is 13.9. The van der Waals surface area contributed by atoms with Crippen LogP contribution in [0.3, 0.4) is 0 Å². The minimum Gasteiger partial charge on any atom is -0.374 e. The summed E-state index contributed by atoms with van der Waals surface area (Å²) in [7, 11) is 1.88. The van der Waals surface area contributed by atoms with Gasteiger partial charge in [0.1, 0.15) is 17.2 Å². The summed E-state index contributed by atoms with van der Waals surface area (Å²) in [6, 6.07) is 3.98. The molecule has 0 unspecified atom stereocenters. The Kier molecular flexibility index (Phi) is 3.75. The first-order valence-electron chi connectivity index (χ1n) is 6.09. The maximum Gasteiger partial charge on any atom is 0.149 e. The minimum absolute atomic E-state index is 0.0934. The van der Waals surface area contributed by atoms with Crippen LogP contribution in [-0.4, -0.2) is 18.6 Å². The molecular formula is C14H16F2N2. The van der Waals surface area contributed by atoms with Gasteiger partial charge >= 0.3 is 0 Å². The van der Waals surface area contributed by atoms with Gasteiger partial charge in [-0.3, -0.25) is 4.98 Å². The molecule has 0 aliphatic heterocycles. The molecule has 2 rings (SSSR count). The lowest BCUT2D eigenvalue weighted by Crippen LogP contribution is -2.19. The van der Waals surface area contributed by atoms with E-state index >= 15 is 0 Å². The summed E-state index contributed by atoms with van der Waals surface area (Å²) in [5, 5.41) is 0.260. The first kappa shape index (κ1) is 12.7. The Morgan fingerprint density at radius 2 is 1.89 bits per heavy atom. The van der Waals surface area contributed by atoms with Crippen LogP contribution in [0.15, 0.2) is 24.4 Å². The molecule has 0 spiro atoms. The second kappa shape index (κ2) is 5.29. The van der Waals surface area contributed by atoms with Crippen molar-refractivity contribution < 1.29 is 8.78 Å². The van der Waals surface area contributed by atoms with Crippen molar-refractivity contribution in [1.82, 2.24) is 4.98 Å². The molecule has 0 atom stereocenters. The number of nitrogens with zero attached hydrogens (tertiary/aromatic N) is 2. The van der Waals surface area contributed by atoms with E-state index in [1.54, 1.807) is 6.07 Å². The molecule has 0 aliphatic carbocycles. The molecule has 0 saturated carbocycles. The molecule has 0 saturated heterocycles. The van der Waals surface area contributed by atoms with E-state index in [4.69, 9.17) is 0 Å². The van der Waals surface area contributed by atoms with Gasteiger partial charge in [-0.05, 0) is 24.6 Å². The highest BCUT2D eigenvalue weighted by Gasteiger charge is 2.13. The number of pyridine rings is 1.